The van der Waals surface area contributed by atoms with Crippen LogP contribution < -0.4 is 5.32 Å². The summed E-state index contributed by atoms with van der Waals surface area (Å²) in [4.78, 5) is 11.9. The van der Waals surface area contributed by atoms with Crippen LogP contribution in [0, 0.1) is 11.3 Å². The average molecular weight is 273 g/mol. The second-order valence-corrected chi connectivity index (χ2v) is 6.14. The van der Waals surface area contributed by atoms with E-state index in [-0.39, 0.29) is 17.2 Å². The van der Waals surface area contributed by atoms with Crippen molar-refractivity contribution < 1.29 is 14.6 Å². The molecule has 1 heterocycles. The van der Waals surface area contributed by atoms with Gasteiger partial charge in [0.1, 0.15) is 0 Å². The first-order chi connectivity index (χ1) is 8.75. The van der Waals surface area contributed by atoms with Crippen LogP contribution in [0.15, 0.2) is 0 Å². The maximum Gasteiger partial charge on any atom is 0.223 e. The molecule has 0 aromatic rings. The number of amides is 1. The predicted octanol–water partition coefficient (Wildman–Crippen LogP) is 2.35. The van der Waals surface area contributed by atoms with Gasteiger partial charge in [-0.2, -0.15) is 0 Å². The minimum absolute atomic E-state index is 0.0115. The van der Waals surface area contributed by atoms with Gasteiger partial charge < -0.3 is 15.2 Å². The van der Waals surface area contributed by atoms with Crippen molar-refractivity contribution in [2.45, 2.75) is 60.0 Å². The van der Waals surface area contributed by atoms with Gasteiger partial charge in [-0.1, -0.05) is 41.5 Å². The third-order valence-corrected chi connectivity index (χ3v) is 3.71. The summed E-state index contributed by atoms with van der Waals surface area (Å²) in [6.45, 7) is 13.5. The Labute approximate surface area is 117 Å². The van der Waals surface area contributed by atoms with Crippen LogP contribution in [0.3, 0.4) is 0 Å². The van der Waals surface area contributed by atoms with Crippen LogP contribution in [-0.4, -0.2) is 36.4 Å². The molecule has 1 fully saturated rings. The van der Waals surface area contributed by atoms with Gasteiger partial charge in [0.2, 0.25) is 5.91 Å². The van der Waals surface area contributed by atoms with Gasteiger partial charge >= 0.3 is 0 Å². The van der Waals surface area contributed by atoms with E-state index in [4.69, 9.17) is 4.74 Å². The molecule has 4 nitrogen and oxygen atoms in total. The summed E-state index contributed by atoms with van der Waals surface area (Å²) >= 11 is 0. The van der Waals surface area contributed by atoms with Crippen LogP contribution in [0.2, 0.25) is 0 Å². The summed E-state index contributed by atoms with van der Waals surface area (Å²) in [7, 11) is 0. The third-order valence-electron chi connectivity index (χ3n) is 3.71. The van der Waals surface area contributed by atoms with E-state index in [2.05, 4.69) is 5.32 Å². The molecule has 1 aliphatic rings. The first-order valence-electron chi connectivity index (χ1n) is 7.32. The van der Waals surface area contributed by atoms with Gasteiger partial charge in [-0.15, -0.1) is 0 Å². The fraction of sp³-hybridized carbons (Fsp3) is 0.933. The summed E-state index contributed by atoms with van der Waals surface area (Å²) < 4.78 is 5.20. The summed E-state index contributed by atoms with van der Waals surface area (Å²) in [6, 6.07) is 0. The number of carbonyl (C=O) groups excluding carboxylic acids is 1. The first kappa shape index (κ1) is 18.4. The third kappa shape index (κ3) is 6.39. The molecule has 2 N–H and O–H groups in total. The van der Waals surface area contributed by atoms with E-state index in [1.54, 1.807) is 0 Å². The van der Waals surface area contributed by atoms with Crippen LogP contribution in [-0.2, 0) is 9.53 Å². The monoisotopic (exact) mass is 273 g/mol. The molecule has 0 aliphatic carbocycles. The first-order valence-corrected chi connectivity index (χ1v) is 7.32. The van der Waals surface area contributed by atoms with Crippen molar-refractivity contribution in [3.05, 3.63) is 0 Å². The van der Waals surface area contributed by atoms with Crippen molar-refractivity contribution in [2.75, 3.05) is 19.8 Å². The number of carbonyl (C=O) groups is 1. The number of hydrogen-bond acceptors (Lipinski definition) is 3. The van der Waals surface area contributed by atoms with E-state index < -0.39 is 5.60 Å². The van der Waals surface area contributed by atoms with Gasteiger partial charge in [-0.05, 0) is 5.41 Å². The lowest BCUT2D eigenvalue weighted by molar-refractivity contribution is -0.130. The second-order valence-electron chi connectivity index (χ2n) is 6.14. The highest BCUT2D eigenvalue weighted by atomic mass is 16.5. The van der Waals surface area contributed by atoms with Crippen molar-refractivity contribution >= 4 is 5.91 Å². The summed E-state index contributed by atoms with van der Waals surface area (Å²) in [5.74, 6) is -0.0524. The molecule has 114 valence electrons. The topological polar surface area (TPSA) is 58.6 Å². The highest BCUT2D eigenvalue weighted by Crippen LogP contribution is 2.26. The van der Waals surface area contributed by atoms with Gasteiger partial charge in [0.05, 0.1) is 5.60 Å². The normalized spacial score (nSPS) is 19.9. The fourth-order valence-corrected chi connectivity index (χ4v) is 1.73. The lowest BCUT2D eigenvalue weighted by Crippen LogP contribution is -2.48. The number of rotatable bonds is 3. The van der Waals surface area contributed by atoms with Crippen molar-refractivity contribution in [3.63, 3.8) is 0 Å². The molecule has 4 heteroatoms. The molecule has 0 bridgehead atoms. The lowest BCUT2D eigenvalue weighted by Gasteiger charge is -2.33. The highest BCUT2D eigenvalue weighted by Gasteiger charge is 2.32. The molecule has 0 radical (unpaired) electrons. The Bertz CT molecular complexity index is 265. The van der Waals surface area contributed by atoms with Crippen LogP contribution in [0.5, 0.6) is 0 Å². The second kappa shape index (κ2) is 7.85. The van der Waals surface area contributed by atoms with E-state index in [0.717, 1.165) is 0 Å². The Morgan fingerprint density at radius 3 is 2.21 bits per heavy atom. The van der Waals surface area contributed by atoms with Crippen LogP contribution >= 0.6 is 0 Å². The molecule has 1 aliphatic heterocycles. The van der Waals surface area contributed by atoms with Gasteiger partial charge in [-0.3, -0.25) is 4.79 Å². The largest absolute Gasteiger partial charge is 0.388 e. The standard InChI is InChI=1S/C13H25NO3.C2H6/c1-10(12(2,3)4)11(15)14-9-13(16)5-7-17-8-6-13;1-2/h10,16H,5-9H2,1-4H3,(H,14,15);1-2H3. The van der Waals surface area contributed by atoms with Crippen molar-refractivity contribution in [1.29, 1.82) is 0 Å². The Morgan fingerprint density at radius 2 is 1.79 bits per heavy atom. The zero-order valence-electron chi connectivity index (χ0n) is 13.4. The molecule has 0 saturated carbocycles. The lowest BCUT2D eigenvalue weighted by atomic mass is 9.81. The fourth-order valence-electron chi connectivity index (χ4n) is 1.73. The SMILES string of the molecule is CC.CC(C(=O)NCC1(O)CCOCC1)C(C)(C)C. The average Bonchev–Trinajstić information content (AvgIpc) is 2.37. The molecule has 1 atom stereocenters. The molecule has 1 saturated heterocycles. The zero-order valence-corrected chi connectivity index (χ0v) is 13.4. The molecule has 1 rings (SSSR count). The van der Waals surface area contributed by atoms with Gasteiger partial charge in [0.25, 0.3) is 0 Å². The van der Waals surface area contributed by atoms with E-state index >= 15 is 0 Å². The van der Waals surface area contributed by atoms with Gasteiger partial charge in [0, 0.05) is 38.5 Å². The number of hydrogen-bond donors (Lipinski definition) is 2. The van der Waals surface area contributed by atoms with Gasteiger partial charge in [-0.25, -0.2) is 0 Å². The van der Waals surface area contributed by atoms with Gasteiger partial charge in [0.15, 0.2) is 0 Å². The number of ether oxygens (including phenoxy) is 1. The Balaban J connectivity index is 0.00000154. The van der Waals surface area contributed by atoms with Crippen LogP contribution in [0.25, 0.3) is 0 Å². The number of nitrogens with one attached hydrogen (secondary N) is 1. The number of aliphatic hydroxyl groups is 1. The van der Waals surface area contributed by atoms with Crippen LogP contribution in [0.1, 0.15) is 54.4 Å². The summed E-state index contributed by atoms with van der Waals surface area (Å²) in [5, 5.41) is 13.1. The van der Waals surface area contributed by atoms with Crippen LogP contribution in [0.4, 0.5) is 0 Å². The zero-order chi connectivity index (χ0) is 15.1. The van der Waals surface area contributed by atoms with Crippen molar-refractivity contribution in [1.82, 2.24) is 5.32 Å². The Hall–Kier alpha value is -0.610. The quantitative estimate of drug-likeness (QED) is 0.830. The molecule has 19 heavy (non-hydrogen) atoms. The van der Waals surface area contributed by atoms with E-state index in [1.165, 1.54) is 0 Å². The Morgan fingerprint density at radius 1 is 1.32 bits per heavy atom. The van der Waals surface area contributed by atoms with E-state index in [1.807, 2.05) is 41.5 Å². The molecule has 1 unspecified atom stereocenters. The maximum absolute atomic E-state index is 11.9. The molecule has 1 amide bonds. The molecular formula is C15H31NO3. The smallest absolute Gasteiger partial charge is 0.223 e. The summed E-state index contributed by atoms with van der Waals surface area (Å²) in [5.41, 5.74) is -0.839. The predicted molar refractivity (Wildman–Crippen MR) is 78.0 cm³/mol. The van der Waals surface area contributed by atoms with E-state index in [0.29, 0.717) is 32.6 Å². The highest BCUT2D eigenvalue weighted by molar-refractivity contribution is 5.79. The molecular weight excluding hydrogens is 242 g/mol. The van der Waals surface area contributed by atoms with E-state index in [9.17, 15) is 9.90 Å². The van der Waals surface area contributed by atoms with Crippen molar-refractivity contribution in [2.24, 2.45) is 11.3 Å². The molecule has 0 spiro atoms. The van der Waals surface area contributed by atoms with Crippen molar-refractivity contribution in [3.8, 4) is 0 Å². The minimum atomic E-state index is -0.786. The maximum atomic E-state index is 11.9. The minimum Gasteiger partial charge on any atom is -0.388 e. The molecule has 0 aromatic carbocycles. The summed E-state index contributed by atoms with van der Waals surface area (Å²) in [6.07, 6.45) is 1.19. The Kier molecular flexibility index (Phi) is 7.60. The molecule has 0 aromatic heterocycles.